The van der Waals surface area contributed by atoms with E-state index in [-0.39, 0.29) is 10.7 Å². The van der Waals surface area contributed by atoms with Crippen LogP contribution in [0.4, 0.5) is 11.6 Å². The summed E-state index contributed by atoms with van der Waals surface area (Å²) >= 11 is 0. The number of aryl methyl sites for hydroxylation is 2. The molecule has 6 nitrogen and oxygen atoms in total. The first kappa shape index (κ1) is 18.8. The average Bonchev–Trinajstić information content (AvgIpc) is 2.67. The zero-order chi connectivity index (χ0) is 19.1. The molecule has 140 valence electrons. The van der Waals surface area contributed by atoms with Crippen molar-refractivity contribution in [3.05, 3.63) is 77.9 Å². The summed E-state index contributed by atoms with van der Waals surface area (Å²) in [5, 5.41) is 11.2. The van der Waals surface area contributed by atoms with Crippen molar-refractivity contribution >= 4 is 21.7 Å². The van der Waals surface area contributed by atoms with E-state index in [0.717, 1.165) is 24.9 Å². The first-order chi connectivity index (χ1) is 13.0. The van der Waals surface area contributed by atoms with Gasteiger partial charge in [0.05, 0.1) is 4.90 Å². The van der Waals surface area contributed by atoms with Crippen LogP contribution < -0.4 is 10.0 Å². The second-order valence-electron chi connectivity index (χ2n) is 6.24. The SMILES string of the molecule is Cc1cccc(S(=O)(=O)Nc2ccc(NCCCc3ccccc3)nn2)c1. The first-order valence-corrected chi connectivity index (χ1v) is 10.2. The molecule has 0 aliphatic rings. The van der Waals surface area contributed by atoms with Gasteiger partial charge in [-0.15, -0.1) is 10.2 Å². The lowest BCUT2D eigenvalue weighted by Gasteiger charge is -2.09. The first-order valence-electron chi connectivity index (χ1n) is 8.74. The summed E-state index contributed by atoms with van der Waals surface area (Å²) in [6.07, 6.45) is 1.95. The van der Waals surface area contributed by atoms with Crippen LogP contribution in [-0.2, 0) is 16.4 Å². The van der Waals surface area contributed by atoms with Crippen molar-refractivity contribution in [3.63, 3.8) is 0 Å². The van der Waals surface area contributed by atoms with E-state index in [4.69, 9.17) is 0 Å². The molecule has 0 aliphatic heterocycles. The third-order valence-electron chi connectivity index (χ3n) is 3.99. The van der Waals surface area contributed by atoms with Gasteiger partial charge < -0.3 is 5.32 Å². The third-order valence-corrected chi connectivity index (χ3v) is 5.35. The fourth-order valence-corrected chi connectivity index (χ4v) is 3.71. The smallest absolute Gasteiger partial charge is 0.263 e. The molecule has 0 spiro atoms. The van der Waals surface area contributed by atoms with Crippen LogP contribution in [0.1, 0.15) is 17.5 Å². The lowest BCUT2D eigenvalue weighted by Crippen LogP contribution is -2.15. The predicted octanol–water partition coefficient (Wildman–Crippen LogP) is 3.63. The molecule has 1 aromatic heterocycles. The monoisotopic (exact) mass is 382 g/mol. The molecule has 1 heterocycles. The molecule has 0 radical (unpaired) electrons. The van der Waals surface area contributed by atoms with Crippen molar-refractivity contribution in [2.45, 2.75) is 24.7 Å². The molecule has 0 aliphatic carbocycles. The fourth-order valence-electron chi connectivity index (χ4n) is 2.61. The van der Waals surface area contributed by atoms with E-state index in [1.807, 2.05) is 31.2 Å². The largest absolute Gasteiger partial charge is 0.369 e. The number of nitrogens with one attached hydrogen (secondary N) is 2. The Kier molecular flexibility index (Phi) is 6.03. The fraction of sp³-hybridized carbons (Fsp3) is 0.200. The Balaban J connectivity index is 1.52. The topological polar surface area (TPSA) is 84.0 Å². The van der Waals surface area contributed by atoms with Crippen LogP contribution >= 0.6 is 0 Å². The third kappa shape index (κ3) is 5.52. The zero-order valence-electron chi connectivity index (χ0n) is 15.1. The summed E-state index contributed by atoms with van der Waals surface area (Å²) in [5.74, 6) is 0.799. The molecule has 0 bridgehead atoms. The van der Waals surface area contributed by atoms with E-state index in [9.17, 15) is 8.42 Å². The van der Waals surface area contributed by atoms with Gasteiger partial charge in [-0.1, -0.05) is 42.5 Å². The highest BCUT2D eigenvalue weighted by molar-refractivity contribution is 7.92. The molecule has 3 rings (SSSR count). The molecular formula is C20H22N4O2S. The average molecular weight is 382 g/mol. The quantitative estimate of drug-likeness (QED) is 0.581. The lowest BCUT2D eigenvalue weighted by molar-refractivity contribution is 0.601. The van der Waals surface area contributed by atoms with E-state index < -0.39 is 10.0 Å². The van der Waals surface area contributed by atoms with E-state index in [2.05, 4.69) is 32.4 Å². The van der Waals surface area contributed by atoms with Crippen LogP contribution in [0.25, 0.3) is 0 Å². The molecule has 0 unspecified atom stereocenters. The second kappa shape index (κ2) is 8.64. The Bertz CT molecular complexity index is 974. The van der Waals surface area contributed by atoms with Crippen molar-refractivity contribution in [2.24, 2.45) is 0 Å². The molecule has 2 aromatic carbocycles. The number of nitrogens with zero attached hydrogens (tertiary/aromatic N) is 2. The molecule has 7 heteroatoms. The van der Waals surface area contributed by atoms with Crippen molar-refractivity contribution in [2.75, 3.05) is 16.6 Å². The summed E-state index contributed by atoms with van der Waals surface area (Å²) in [7, 11) is -3.67. The minimum Gasteiger partial charge on any atom is -0.369 e. The normalized spacial score (nSPS) is 11.1. The van der Waals surface area contributed by atoms with Gasteiger partial charge >= 0.3 is 0 Å². The molecule has 0 fully saturated rings. The van der Waals surface area contributed by atoms with Crippen molar-refractivity contribution in [1.82, 2.24) is 10.2 Å². The summed E-state index contributed by atoms with van der Waals surface area (Å²) < 4.78 is 27.2. The summed E-state index contributed by atoms with van der Waals surface area (Å²) in [4.78, 5) is 0.201. The van der Waals surface area contributed by atoms with Crippen LogP contribution in [-0.4, -0.2) is 25.2 Å². The Morgan fingerprint density at radius 1 is 0.889 bits per heavy atom. The molecule has 2 N–H and O–H groups in total. The summed E-state index contributed by atoms with van der Waals surface area (Å²) in [5.41, 5.74) is 2.17. The van der Waals surface area contributed by atoms with Gasteiger partial charge in [0, 0.05) is 6.54 Å². The number of anilines is 2. The van der Waals surface area contributed by atoms with Crippen molar-refractivity contribution in [1.29, 1.82) is 0 Å². The van der Waals surface area contributed by atoms with Gasteiger partial charge in [-0.05, 0) is 55.2 Å². The molecule has 0 amide bonds. The number of sulfonamides is 1. The number of benzene rings is 2. The van der Waals surface area contributed by atoms with E-state index in [0.29, 0.717) is 5.82 Å². The Hall–Kier alpha value is -2.93. The van der Waals surface area contributed by atoms with Crippen molar-refractivity contribution in [3.8, 4) is 0 Å². The molecule has 0 atom stereocenters. The van der Waals surface area contributed by atoms with Gasteiger partial charge in [0.1, 0.15) is 5.82 Å². The van der Waals surface area contributed by atoms with Crippen LogP contribution in [0.15, 0.2) is 71.6 Å². The second-order valence-corrected chi connectivity index (χ2v) is 7.92. The maximum atomic E-state index is 12.4. The number of hydrogen-bond acceptors (Lipinski definition) is 5. The minimum atomic E-state index is -3.67. The van der Waals surface area contributed by atoms with Gasteiger partial charge in [0.15, 0.2) is 5.82 Å². The van der Waals surface area contributed by atoms with Crippen LogP contribution in [0.2, 0.25) is 0 Å². The molecule has 0 saturated heterocycles. The molecular weight excluding hydrogens is 360 g/mol. The predicted molar refractivity (Wildman–Crippen MR) is 107 cm³/mol. The van der Waals surface area contributed by atoms with Gasteiger partial charge in [-0.25, -0.2) is 8.42 Å². The van der Waals surface area contributed by atoms with E-state index >= 15 is 0 Å². The Labute approximate surface area is 159 Å². The highest BCUT2D eigenvalue weighted by Gasteiger charge is 2.15. The highest BCUT2D eigenvalue weighted by Crippen LogP contribution is 2.16. The summed E-state index contributed by atoms with van der Waals surface area (Å²) in [6.45, 7) is 2.61. The Morgan fingerprint density at radius 3 is 2.33 bits per heavy atom. The number of aromatic nitrogens is 2. The van der Waals surface area contributed by atoms with Crippen LogP contribution in [0, 0.1) is 6.92 Å². The molecule has 0 saturated carbocycles. The zero-order valence-corrected chi connectivity index (χ0v) is 15.9. The lowest BCUT2D eigenvalue weighted by atomic mass is 10.1. The Morgan fingerprint density at radius 2 is 1.63 bits per heavy atom. The highest BCUT2D eigenvalue weighted by atomic mass is 32.2. The van der Waals surface area contributed by atoms with Gasteiger partial charge in [-0.2, -0.15) is 0 Å². The van der Waals surface area contributed by atoms with E-state index in [1.54, 1.807) is 30.3 Å². The van der Waals surface area contributed by atoms with Gasteiger partial charge in [0.25, 0.3) is 10.0 Å². The van der Waals surface area contributed by atoms with Crippen LogP contribution in [0.3, 0.4) is 0 Å². The van der Waals surface area contributed by atoms with Crippen molar-refractivity contribution < 1.29 is 8.42 Å². The maximum absolute atomic E-state index is 12.4. The van der Waals surface area contributed by atoms with Gasteiger partial charge in [-0.3, -0.25) is 4.72 Å². The molecule has 3 aromatic rings. The van der Waals surface area contributed by atoms with E-state index in [1.165, 1.54) is 5.56 Å². The summed E-state index contributed by atoms with van der Waals surface area (Å²) in [6, 6.07) is 20.3. The van der Waals surface area contributed by atoms with Gasteiger partial charge in [0.2, 0.25) is 0 Å². The number of rotatable bonds is 8. The van der Waals surface area contributed by atoms with Crippen LogP contribution in [0.5, 0.6) is 0 Å². The standard InChI is InChI=1S/C20H22N4O2S/c1-16-7-5-11-18(15-16)27(25,26)24-20-13-12-19(22-23-20)21-14-6-10-17-8-3-2-4-9-17/h2-5,7-9,11-13,15H,6,10,14H2,1H3,(H,21,22)(H,23,24). The number of hydrogen-bond donors (Lipinski definition) is 2. The molecule has 27 heavy (non-hydrogen) atoms. The maximum Gasteiger partial charge on any atom is 0.263 e. The minimum absolute atomic E-state index is 0.186.